The van der Waals surface area contributed by atoms with Crippen molar-refractivity contribution in [3.63, 3.8) is 0 Å². The predicted molar refractivity (Wildman–Crippen MR) is 338 cm³/mol. The number of allylic oxidation sites excluding steroid dienone is 26. The van der Waals surface area contributed by atoms with Gasteiger partial charge >= 0.3 is 17.9 Å². The molecule has 0 bridgehead atoms. The van der Waals surface area contributed by atoms with Crippen LogP contribution < -0.4 is 0 Å². The summed E-state index contributed by atoms with van der Waals surface area (Å²) in [6.45, 7) is 6.38. The first-order chi connectivity index (χ1) is 38.5. The largest absolute Gasteiger partial charge is 0.462 e. The number of carbonyl (C=O) groups excluding carboxylic acids is 3. The van der Waals surface area contributed by atoms with Crippen LogP contribution in [0.2, 0.25) is 0 Å². The number of hydrogen-bond donors (Lipinski definition) is 0. The minimum Gasteiger partial charge on any atom is -0.462 e. The SMILES string of the molecule is CC/C=C\C/C=C\C/C=C\C/C=C\C/C=C\C/C=C\C/C=C\C/C=C\C/C=C\C/C=C\CCCCCCC(=O)OCC(COC(=O)CCCCCCC/C=C\CCC)OC(=O)CCCCCCC/C=C\C/C=C\CCCCC. The summed E-state index contributed by atoms with van der Waals surface area (Å²) >= 11 is 0. The van der Waals surface area contributed by atoms with Gasteiger partial charge in [-0.05, 0) is 148 Å². The first kappa shape index (κ1) is 73.0. The van der Waals surface area contributed by atoms with Gasteiger partial charge in [0.15, 0.2) is 6.10 Å². The number of unbranched alkanes of at least 4 members (excludes halogenated alkanes) is 18. The fourth-order valence-electron chi connectivity index (χ4n) is 8.03. The number of esters is 3. The normalized spacial score (nSPS) is 13.2. The molecule has 0 aliphatic carbocycles. The van der Waals surface area contributed by atoms with E-state index in [1.807, 2.05) is 0 Å². The van der Waals surface area contributed by atoms with Crippen LogP contribution in [0.4, 0.5) is 0 Å². The molecule has 438 valence electrons. The molecule has 0 heterocycles. The van der Waals surface area contributed by atoms with Crippen LogP contribution in [0, 0.1) is 0 Å². The standard InChI is InChI=1S/C72H114O6/c1-4-7-10-13-16-19-22-24-26-27-28-29-30-31-32-33-34-35-36-37-38-39-40-41-42-43-44-45-47-48-50-53-56-59-62-65-71(74)77-68-69(67-76-70(73)64-61-58-55-52-21-18-15-12-9-6-3)78-72(75)66-63-60-57-54-51-49-46-25-23-20-17-14-11-8-5-2/h7,10,12,15-17,19-20,24-26,28-29,31-32,34-35,37-38,40-41,43-44,46-48,69H,4-6,8-9,11,13-14,18,21-23,27,30,33,36,39,42,45,49-68H2,1-3H3/b10-7-,15-12-,19-16-,20-17-,26-24-,29-28-,32-31-,35-34-,38-37-,41-40-,44-43-,46-25-,48-47-. The Morgan fingerprint density at radius 3 is 0.846 bits per heavy atom. The molecule has 0 aromatic rings. The van der Waals surface area contributed by atoms with Crippen LogP contribution in [0.25, 0.3) is 0 Å². The summed E-state index contributed by atoms with van der Waals surface area (Å²) in [7, 11) is 0. The lowest BCUT2D eigenvalue weighted by Crippen LogP contribution is -2.30. The van der Waals surface area contributed by atoms with E-state index in [0.29, 0.717) is 19.3 Å². The zero-order chi connectivity index (χ0) is 56.4. The van der Waals surface area contributed by atoms with Gasteiger partial charge in [0, 0.05) is 19.3 Å². The summed E-state index contributed by atoms with van der Waals surface area (Å²) in [6.07, 6.45) is 94.0. The van der Waals surface area contributed by atoms with Gasteiger partial charge in [0.05, 0.1) is 0 Å². The quantitative estimate of drug-likeness (QED) is 0.0261. The van der Waals surface area contributed by atoms with Crippen molar-refractivity contribution in [3.8, 4) is 0 Å². The van der Waals surface area contributed by atoms with E-state index in [2.05, 4.69) is 179 Å². The van der Waals surface area contributed by atoms with Crippen molar-refractivity contribution in [3.05, 3.63) is 158 Å². The zero-order valence-electron chi connectivity index (χ0n) is 50.1. The molecule has 1 unspecified atom stereocenters. The van der Waals surface area contributed by atoms with Crippen LogP contribution in [0.1, 0.15) is 258 Å². The number of hydrogen-bond acceptors (Lipinski definition) is 6. The van der Waals surface area contributed by atoms with Crippen molar-refractivity contribution in [1.29, 1.82) is 0 Å². The van der Waals surface area contributed by atoms with Crippen molar-refractivity contribution in [1.82, 2.24) is 0 Å². The number of ether oxygens (including phenoxy) is 3. The fourth-order valence-corrected chi connectivity index (χ4v) is 8.03. The Hall–Kier alpha value is -4.97. The van der Waals surface area contributed by atoms with Crippen LogP contribution in [0.3, 0.4) is 0 Å². The molecule has 1 atom stereocenters. The molecular formula is C72H114O6. The van der Waals surface area contributed by atoms with Crippen molar-refractivity contribution < 1.29 is 28.6 Å². The van der Waals surface area contributed by atoms with Gasteiger partial charge in [-0.3, -0.25) is 14.4 Å². The van der Waals surface area contributed by atoms with Crippen LogP contribution in [0.5, 0.6) is 0 Å². The first-order valence-electron chi connectivity index (χ1n) is 31.5. The second-order valence-corrected chi connectivity index (χ2v) is 20.2. The molecule has 0 N–H and O–H groups in total. The monoisotopic (exact) mass is 1070 g/mol. The molecule has 0 aliphatic heterocycles. The van der Waals surface area contributed by atoms with Crippen molar-refractivity contribution in [2.24, 2.45) is 0 Å². The highest BCUT2D eigenvalue weighted by Crippen LogP contribution is 2.13. The minimum atomic E-state index is -0.805. The third-order valence-corrected chi connectivity index (χ3v) is 12.7. The maximum atomic E-state index is 12.8. The van der Waals surface area contributed by atoms with Crippen LogP contribution in [-0.4, -0.2) is 37.2 Å². The van der Waals surface area contributed by atoms with Gasteiger partial charge in [0.1, 0.15) is 13.2 Å². The highest BCUT2D eigenvalue weighted by atomic mass is 16.6. The summed E-state index contributed by atoms with van der Waals surface area (Å²) < 4.78 is 16.8. The zero-order valence-corrected chi connectivity index (χ0v) is 50.1. The lowest BCUT2D eigenvalue weighted by atomic mass is 10.1. The average molecular weight is 1080 g/mol. The van der Waals surface area contributed by atoms with Gasteiger partial charge < -0.3 is 14.2 Å². The molecule has 0 spiro atoms. The smallest absolute Gasteiger partial charge is 0.306 e. The molecule has 0 saturated carbocycles. The van der Waals surface area contributed by atoms with E-state index in [-0.39, 0.29) is 31.1 Å². The Labute approximate surface area is 480 Å². The molecule has 6 heteroatoms. The lowest BCUT2D eigenvalue weighted by molar-refractivity contribution is -0.167. The topological polar surface area (TPSA) is 78.9 Å². The van der Waals surface area contributed by atoms with E-state index in [1.54, 1.807) is 0 Å². The van der Waals surface area contributed by atoms with Gasteiger partial charge in [-0.2, -0.15) is 0 Å². The summed E-state index contributed by atoms with van der Waals surface area (Å²) in [5.74, 6) is -0.958. The molecule has 0 amide bonds. The third kappa shape index (κ3) is 61.9. The highest BCUT2D eigenvalue weighted by Gasteiger charge is 2.19. The third-order valence-electron chi connectivity index (χ3n) is 12.7. The molecule has 0 fully saturated rings. The molecule has 6 nitrogen and oxygen atoms in total. The fraction of sp³-hybridized carbons (Fsp3) is 0.597. The molecule has 0 rings (SSSR count). The van der Waals surface area contributed by atoms with E-state index in [0.717, 1.165) is 180 Å². The summed E-state index contributed by atoms with van der Waals surface area (Å²) in [4.78, 5) is 38.1. The maximum Gasteiger partial charge on any atom is 0.306 e. The summed E-state index contributed by atoms with van der Waals surface area (Å²) in [5.41, 5.74) is 0. The molecule has 0 aromatic carbocycles. The van der Waals surface area contributed by atoms with E-state index in [4.69, 9.17) is 14.2 Å². The van der Waals surface area contributed by atoms with Crippen molar-refractivity contribution >= 4 is 17.9 Å². The second-order valence-electron chi connectivity index (χ2n) is 20.2. The molecule has 78 heavy (non-hydrogen) atoms. The predicted octanol–water partition coefficient (Wildman–Crippen LogP) is 21.7. The Morgan fingerprint density at radius 2 is 0.526 bits per heavy atom. The van der Waals surface area contributed by atoms with E-state index in [9.17, 15) is 14.4 Å². The van der Waals surface area contributed by atoms with Gasteiger partial charge in [-0.25, -0.2) is 0 Å². The molecule has 0 aliphatic rings. The minimum absolute atomic E-state index is 0.102. The Kier molecular flexibility index (Phi) is 60.4. The number of rotatable bonds is 55. The maximum absolute atomic E-state index is 12.8. The van der Waals surface area contributed by atoms with Crippen molar-refractivity contribution in [2.45, 2.75) is 264 Å². The summed E-state index contributed by atoms with van der Waals surface area (Å²) in [5, 5.41) is 0. The number of carbonyl (C=O) groups is 3. The molecular weight excluding hydrogens is 961 g/mol. The van der Waals surface area contributed by atoms with Crippen molar-refractivity contribution in [2.75, 3.05) is 13.2 Å². The molecule has 0 aromatic heterocycles. The van der Waals surface area contributed by atoms with Gasteiger partial charge in [-0.1, -0.05) is 249 Å². The van der Waals surface area contributed by atoms with Crippen LogP contribution >= 0.6 is 0 Å². The van der Waals surface area contributed by atoms with Gasteiger partial charge in [-0.15, -0.1) is 0 Å². The first-order valence-corrected chi connectivity index (χ1v) is 31.5. The van der Waals surface area contributed by atoms with Gasteiger partial charge in [0.25, 0.3) is 0 Å². The Balaban J connectivity index is 4.29. The van der Waals surface area contributed by atoms with Crippen LogP contribution in [0.15, 0.2) is 158 Å². The summed E-state index contributed by atoms with van der Waals surface area (Å²) in [6, 6.07) is 0. The molecule has 0 saturated heterocycles. The lowest BCUT2D eigenvalue weighted by Gasteiger charge is -2.18. The Bertz CT molecular complexity index is 1760. The van der Waals surface area contributed by atoms with E-state index >= 15 is 0 Å². The molecule has 0 radical (unpaired) electrons. The van der Waals surface area contributed by atoms with Crippen LogP contribution in [-0.2, 0) is 28.6 Å². The average Bonchev–Trinajstić information content (AvgIpc) is 3.44. The van der Waals surface area contributed by atoms with E-state index in [1.165, 1.54) is 38.5 Å². The second kappa shape index (κ2) is 64.6. The highest BCUT2D eigenvalue weighted by molar-refractivity contribution is 5.71. The van der Waals surface area contributed by atoms with E-state index < -0.39 is 6.10 Å². The Morgan fingerprint density at radius 1 is 0.269 bits per heavy atom. The van der Waals surface area contributed by atoms with Gasteiger partial charge in [0.2, 0.25) is 0 Å².